The fourth-order valence-corrected chi connectivity index (χ4v) is 4.28. The summed E-state index contributed by atoms with van der Waals surface area (Å²) in [5, 5.41) is 0.464. The highest BCUT2D eigenvalue weighted by Crippen LogP contribution is 2.38. The van der Waals surface area contributed by atoms with Crippen LogP contribution in [0, 0.1) is 5.92 Å². The number of hydrogen-bond donors (Lipinski definition) is 0. The van der Waals surface area contributed by atoms with Crippen molar-refractivity contribution in [3.8, 4) is 0 Å². The van der Waals surface area contributed by atoms with Gasteiger partial charge < -0.3 is 9.80 Å². The van der Waals surface area contributed by atoms with Crippen molar-refractivity contribution < 1.29 is 9.59 Å². The maximum Gasteiger partial charge on any atom is 0.240 e. The molecule has 0 saturated carbocycles. The molecule has 2 aliphatic rings. The van der Waals surface area contributed by atoms with Crippen LogP contribution in [0.4, 0.5) is 5.69 Å². The summed E-state index contributed by atoms with van der Waals surface area (Å²) >= 11 is 1.41. The molecule has 0 radical (unpaired) electrons. The molecule has 0 bridgehead atoms. The lowest BCUT2D eigenvalue weighted by Gasteiger charge is -2.34. The molecule has 1 aromatic heterocycles. The number of nitrogens with zero attached hydrogens (tertiary/aromatic N) is 3. The third-order valence-corrected chi connectivity index (χ3v) is 5.53. The average Bonchev–Trinajstić information content (AvgIpc) is 2.52. The van der Waals surface area contributed by atoms with E-state index in [1.165, 1.54) is 18.2 Å². The molecule has 3 heterocycles. The zero-order valence-electron chi connectivity index (χ0n) is 13.0. The smallest absolute Gasteiger partial charge is 0.240 e. The second-order valence-corrected chi connectivity index (χ2v) is 7.31. The van der Waals surface area contributed by atoms with Gasteiger partial charge in [0.25, 0.3) is 0 Å². The van der Waals surface area contributed by atoms with Crippen molar-refractivity contribution in [2.75, 3.05) is 25.0 Å². The Morgan fingerprint density at radius 3 is 3.09 bits per heavy atom. The molecule has 1 saturated heterocycles. The van der Waals surface area contributed by atoms with Gasteiger partial charge in [0.05, 0.1) is 10.9 Å². The molecule has 1 aromatic rings. The largest absolute Gasteiger partial charge is 0.342 e. The van der Waals surface area contributed by atoms with Gasteiger partial charge in [0.2, 0.25) is 11.8 Å². The lowest BCUT2D eigenvalue weighted by molar-refractivity contribution is -0.134. The molecule has 5 nitrogen and oxygen atoms in total. The van der Waals surface area contributed by atoms with Crippen molar-refractivity contribution in [1.29, 1.82) is 0 Å². The van der Waals surface area contributed by atoms with Crippen LogP contribution in [-0.2, 0) is 9.59 Å². The summed E-state index contributed by atoms with van der Waals surface area (Å²) in [5.41, 5.74) is 0.827. The minimum Gasteiger partial charge on any atom is -0.342 e. The van der Waals surface area contributed by atoms with E-state index in [1.54, 1.807) is 18.1 Å². The van der Waals surface area contributed by atoms with Crippen LogP contribution >= 0.6 is 11.8 Å². The van der Waals surface area contributed by atoms with Crippen molar-refractivity contribution in [1.82, 2.24) is 9.88 Å². The zero-order chi connectivity index (χ0) is 15.7. The summed E-state index contributed by atoms with van der Waals surface area (Å²) < 4.78 is 0. The van der Waals surface area contributed by atoms with Crippen LogP contribution in [-0.4, -0.2) is 47.1 Å². The number of amides is 2. The Balaban J connectivity index is 1.70. The summed E-state index contributed by atoms with van der Waals surface area (Å²) in [4.78, 5) is 32.8. The molecule has 22 heavy (non-hydrogen) atoms. The van der Waals surface area contributed by atoms with Gasteiger partial charge in [0.15, 0.2) is 0 Å². The van der Waals surface area contributed by atoms with Crippen LogP contribution in [0.25, 0.3) is 0 Å². The van der Waals surface area contributed by atoms with Crippen LogP contribution in [0.15, 0.2) is 23.4 Å². The topological polar surface area (TPSA) is 53.5 Å². The lowest BCUT2D eigenvalue weighted by Crippen LogP contribution is -2.44. The first-order valence-corrected chi connectivity index (χ1v) is 8.61. The number of fused-ring (bicyclic) bond motifs is 1. The van der Waals surface area contributed by atoms with Crippen molar-refractivity contribution in [3.63, 3.8) is 0 Å². The predicted octanol–water partition coefficient (Wildman–Crippen LogP) is 2.17. The van der Waals surface area contributed by atoms with E-state index in [4.69, 9.17) is 0 Å². The molecular weight excluding hydrogens is 298 g/mol. The maximum atomic E-state index is 12.5. The van der Waals surface area contributed by atoms with Crippen LogP contribution in [0.5, 0.6) is 0 Å². The summed E-state index contributed by atoms with van der Waals surface area (Å²) in [7, 11) is 1.75. The Labute approximate surface area is 135 Å². The maximum absolute atomic E-state index is 12.5. The molecule has 2 unspecified atom stereocenters. The summed E-state index contributed by atoms with van der Waals surface area (Å²) in [5.74, 6) is 0.631. The van der Waals surface area contributed by atoms with Crippen LogP contribution in [0.3, 0.4) is 0 Å². The molecular formula is C16H21N3O2S. The monoisotopic (exact) mass is 319 g/mol. The number of aromatic nitrogens is 1. The zero-order valence-corrected chi connectivity index (χ0v) is 13.8. The highest BCUT2D eigenvalue weighted by Gasteiger charge is 2.35. The quantitative estimate of drug-likeness (QED) is 0.838. The Morgan fingerprint density at radius 2 is 2.32 bits per heavy atom. The first-order valence-electron chi connectivity index (χ1n) is 7.73. The number of carbonyl (C=O) groups excluding carboxylic acids is 2. The Hall–Kier alpha value is -1.56. The van der Waals surface area contributed by atoms with E-state index < -0.39 is 0 Å². The molecule has 3 rings (SSSR count). The fourth-order valence-electron chi connectivity index (χ4n) is 3.08. The van der Waals surface area contributed by atoms with Gasteiger partial charge in [0, 0.05) is 32.8 Å². The molecule has 2 aliphatic heterocycles. The van der Waals surface area contributed by atoms with Gasteiger partial charge in [0.1, 0.15) is 5.03 Å². The van der Waals surface area contributed by atoms with Gasteiger partial charge >= 0.3 is 0 Å². The van der Waals surface area contributed by atoms with Crippen molar-refractivity contribution in [3.05, 3.63) is 18.3 Å². The predicted molar refractivity (Wildman–Crippen MR) is 86.9 cm³/mol. The first kappa shape index (κ1) is 15.3. The highest BCUT2D eigenvalue weighted by atomic mass is 32.2. The van der Waals surface area contributed by atoms with Gasteiger partial charge in [-0.25, -0.2) is 4.98 Å². The summed E-state index contributed by atoms with van der Waals surface area (Å²) in [6.07, 6.45) is 4.22. The second-order valence-electron chi connectivity index (χ2n) is 6.12. The highest BCUT2D eigenvalue weighted by molar-refractivity contribution is 8.00. The van der Waals surface area contributed by atoms with Gasteiger partial charge in [-0.1, -0.05) is 18.7 Å². The Bertz CT molecular complexity index is 593. The van der Waals surface area contributed by atoms with Crippen molar-refractivity contribution in [2.24, 2.45) is 5.92 Å². The Morgan fingerprint density at radius 1 is 1.50 bits per heavy atom. The molecule has 118 valence electrons. The molecule has 6 heteroatoms. The number of pyridine rings is 1. The van der Waals surface area contributed by atoms with Gasteiger partial charge in [-0.3, -0.25) is 9.59 Å². The molecule has 0 N–H and O–H groups in total. The van der Waals surface area contributed by atoms with Crippen molar-refractivity contribution in [2.45, 2.75) is 36.5 Å². The van der Waals surface area contributed by atoms with E-state index in [0.29, 0.717) is 5.92 Å². The van der Waals surface area contributed by atoms with E-state index in [2.05, 4.69) is 11.9 Å². The number of carbonyl (C=O) groups is 2. The number of anilines is 1. The standard InChI is InChI=1S/C16H21N3O2S/c1-11-5-4-8-19(10-11)14(20)9-13-16(21)18(2)12-6-3-7-17-15(12)22-13/h3,6-7,11,13H,4-5,8-10H2,1-2H3. The van der Waals surface area contributed by atoms with Crippen LogP contribution in [0.2, 0.25) is 0 Å². The molecule has 0 aliphatic carbocycles. The lowest BCUT2D eigenvalue weighted by atomic mass is 10.00. The molecule has 0 aromatic carbocycles. The van der Waals surface area contributed by atoms with E-state index >= 15 is 0 Å². The van der Waals surface area contributed by atoms with Gasteiger partial charge in [-0.05, 0) is 30.9 Å². The van der Waals surface area contributed by atoms with E-state index in [1.807, 2.05) is 17.0 Å². The first-order chi connectivity index (χ1) is 10.6. The molecule has 2 atom stereocenters. The fraction of sp³-hybridized carbons (Fsp3) is 0.562. The van der Waals surface area contributed by atoms with Crippen LogP contribution in [0.1, 0.15) is 26.2 Å². The van der Waals surface area contributed by atoms with Gasteiger partial charge in [-0.15, -0.1) is 0 Å². The van der Waals surface area contributed by atoms with Gasteiger partial charge in [-0.2, -0.15) is 0 Å². The minimum absolute atomic E-state index is 0.0103. The van der Waals surface area contributed by atoms with E-state index in [-0.39, 0.29) is 23.5 Å². The second kappa shape index (κ2) is 6.28. The average molecular weight is 319 g/mol. The van der Waals surface area contributed by atoms with E-state index in [0.717, 1.165) is 30.2 Å². The van der Waals surface area contributed by atoms with E-state index in [9.17, 15) is 9.59 Å². The third-order valence-electron chi connectivity index (χ3n) is 4.34. The normalized spacial score (nSPS) is 25.1. The minimum atomic E-state index is -0.364. The summed E-state index contributed by atoms with van der Waals surface area (Å²) in [6.45, 7) is 3.81. The Kier molecular flexibility index (Phi) is 4.38. The molecule has 0 spiro atoms. The third kappa shape index (κ3) is 2.97. The van der Waals surface area contributed by atoms with Crippen LogP contribution < -0.4 is 4.90 Å². The number of piperidine rings is 1. The SMILES string of the molecule is CC1CCCN(C(=O)CC2Sc3ncccc3N(C)C2=O)C1. The number of thioether (sulfide) groups is 1. The number of rotatable bonds is 2. The molecule has 2 amide bonds. The van der Waals surface area contributed by atoms with Crippen molar-refractivity contribution >= 4 is 29.3 Å². The molecule has 1 fully saturated rings. The summed E-state index contributed by atoms with van der Waals surface area (Å²) in [6, 6.07) is 3.71. The number of likely N-dealkylation sites (tertiary alicyclic amines) is 1. The number of hydrogen-bond acceptors (Lipinski definition) is 4.